The summed E-state index contributed by atoms with van der Waals surface area (Å²) in [5, 5.41) is 0. The van der Waals surface area contributed by atoms with Crippen LogP contribution in [0.25, 0.3) is 0 Å². The van der Waals surface area contributed by atoms with Crippen LogP contribution in [-0.2, 0) is 33.4 Å². The molecule has 2 heterocycles. The largest absolute Gasteiger partial charge is 0.454 e. The number of ether oxygens (including phenoxy) is 3. The SMILES string of the molecule is C=C(C)C1CCC2=C[C@@H](OC2=O)[C@@H](C(=C)C)C(=O)[C@H]2O[C@@]2(C)C(=O)[C@H]1OC(C)=O. The van der Waals surface area contributed by atoms with E-state index in [1.165, 1.54) is 13.8 Å². The van der Waals surface area contributed by atoms with Gasteiger partial charge in [-0.1, -0.05) is 24.3 Å². The number of hydrogen-bond acceptors (Lipinski definition) is 7. The first-order valence-corrected chi connectivity index (χ1v) is 9.63. The molecule has 0 N–H and O–H groups in total. The summed E-state index contributed by atoms with van der Waals surface area (Å²) < 4.78 is 16.4. The fourth-order valence-electron chi connectivity index (χ4n) is 4.17. The van der Waals surface area contributed by atoms with Gasteiger partial charge in [-0.3, -0.25) is 14.4 Å². The summed E-state index contributed by atoms with van der Waals surface area (Å²) in [6.45, 7) is 13.9. The topological polar surface area (TPSA) is 99.3 Å². The van der Waals surface area contributed by atoms with Gasteiger partial charge in [0, 0.05) is 18.4 Å². The Kier molecular flexibility index (Phi) is 5.38. The van der Waals surface area contributed by atoms with E-state index in [0.717, 1.165) is 0 Å². The molecule has 0 radical (unpaired) electrons. The molecule has 0 aromatic rings. The number of rotatable bonds is 3. The predicted octanol–water partition coefficient (Wildman–Crippen LogP) is 2.24. The zero-order valence-corrected chi connectivity index (χ0v) is 17.2. The second-order valence-electron chi connectivity index (χ2n) is 8.28. The third-order valence-electron chi connectivity index (χ3n) is 5.86. The van der Waals surface area contributed by atoms with E-state index in [0.29, 0.717) is 29.6 Å². The van der Waals surface area contributed by atoms with Crippen LogP contribution in [0.2, 0.25) is 0 Å². The van der Waals surface area contributed by atoms with Crippen LogP contribution in [0, 0.1) is 11.8 Å². The highest BCUT2D eigenvalue weighted by Gasteiger charge is 2.66. The van der Waals surface area contributed by atoms with Gasteiger partial charge in [0.2, 0.25) is 5.78 Å². The Morgan fingerprint density at radius 3 is 2.38 bits per heavy atom. The molecule has 7 nitrogen and oxygen atoms in total. The lowest BCUT2D eigenvalue weighted by Gasteiger charge is -2.28. The van der Waals surface area contributed by atoms with Crippen LogP contribution in [0.3, 0.4) is 0 Å². The van der Waals surface area contributed by atoms with Crippen molar-refractivity contribution in [3.8, 4) is 0 Å². The minimum atomic E-state index is -1.41. The molecule has 156 valence electrons. The first kappa shape index (κ1) is 21.2. The lowest BCUT2D eigenvalue weighted by atomic mass is 9.79. The molecule has 0 spiro atoms. The second-order valence-corrected chi connectivity index (χ2v) is 8.28. The van der Waals surface area contributed by atoms with Gasteiger partial charge >= 0.3 is 11.9 Å². The summed E-state index contributed by atoms with van der Waals surface area (Å²) >= 11 is 0. The molecule has 6 atom stereocenters. The minimum Gasteiger partial charge on any atom is -0.454 e. The molecule has 2 bridgehead atoms. The maximum Gasteiger partial charge on any atom is 0.334 e. The number of ketones is 2. The molecule has 29 heavy (non-hydrogen) atoms. The highest BCUT2D eigenvalue weighted by Crippen LogP contribution is 2.45. The molecule has 0 amide bonds. The molecule has 0 saturated carbocycles. The fourth-order valence-corrected chi connectivity index (χ4v) is 4.17. The van der Waals surface area contributed by atoms with E-state index in [1.807, 2.05) is 0 Å². The Morgan fingerprint density at radius 2 is 1.83 bits per heavy atom. The number of Topliss-reactive ketones (excluding diaryl/α,β-unsaturated/α-hetero) is 2. The zero-order valence-electron chi connectivity index (χ0n) is 17.2. The Morgan fingerprint density at radius 1 is 1.17 bits per heavy atom. The molecule has 0 aromatic heterocycles. The van der Waals surface area contributed by atoms with E-state index < -0.39 is 53.5 Å². The number of epoxide rings is 1. The Hall–Kier alpha value is -2.54. The van der Waals surface area contributed by atoms with Crippen LogP contribution >= 0.6 is 0 Å². The molecule has 1 fully saturated rings. The molecular weight excluding hydrogens is 376 g/mol. The van der Waals surface area contributed by atoms with Crippen molar-refractivity contribution < 1.29 is 33.4 Å². The molecule has 3 aliphatic rings. The monoisotopic (exact) mass is 402 g/mol. The van der Waals surface area contributed by atoms with Crippen molar-refractivity contribution in [2.24, 2.45) is 11.8 Å². The van der Waals surface area contributed by atoms with Gasteiger partial charge in [-0.05, 0) is 39.7 Å². The molecule has 3 rings (SSSR count). The molecule has 7 heteroatoms. The van der Waals surface area contributed by atoms with Gasteiger partial charge in [0.05, 0.1) is 5.92 Å². The number of carbonyl (C=O) groups excluding carboxylic acids is 4. The van der Waals surface area contributed by atoms with E-state index in [4.69, 9.17) is 14.2 Å². The van der Waals surface area contributed by atoms with Crippen molar-refractivity contribution in [3.05, 3.63) is 36.0 Å². The molecule has 0 aromatic carbocycles. The van der Waals surface area contributed by atoms with Gasteiger partial charge in [0.25, 0.3) is 0 Å². The Balaban J connectivity index is 2.07. The number of esters is 2. The van der Waals surface area contributed by atoms with Gasteiger partial charge in [-0.15, -0.1) is 0 Å². The van der Waals surface area contributed by atoms with E-state index >= 15 is 0 Å². The fraction of sp³-hybridized carbons (Fsp3) is 0.545. The van der Waals surface area contributed by atoms with E-state index in [-0.39, 0.29) is 5.78 Å². The van der Waals surface area contributed by atoms with Crippen molar-refractivity contribution in [1.29, 1.82) is 0 Å². The van der Waals surface area contributed by atoms with E-state index in [1.54, 1.807) is 19.9 Å². The van der Waals surface area contributed by atoms with E-state index in [9.17, 15) is 19.2 Å². The van der Waals surface area contributed by atoms with Crippen molar-refractivity contribution in [2.75, 3.05) is 0 Å². The quantitative estimate of drug-likeness (QED) is 0.405. The smallest absolute Gasteiger partial charge is 0.334 e. The standard InChI is InChI=1S/C22H26O7/c1-10(2)14-8-7-13-9-15(28-21(13)26)16(11(3)4)17(24)20-22(6,29-20)19(25)18(14)27-12(5)23/h9,14-16,18,20H,1,3,7-8H2,2,4-6H3/t14?,15-,16-,18+,20-,22+/m1/s1. The Bertz CT molecular complexity index is 851. The number of carbonyl (C=O) groups is 4. The van der Waals surface area contributed by atoms with Gasteiger partial charge in [0.15, 0.2) is 23.6 Å². The van der Waals surface area contributed by atoms with E-state index in [2.05, 4.69) is 13.2 Å². The zero-order chi connectivity index (χ0) is 21.7. The lowest BCUT2D eigenvalue weighted by molar-refractivity contribution is -0.157. The summed E-state index contributed by atoms with van der Waals surface area (Å²) in [4.78, 5) is 50.5. The molecular formula is C22H26O7. The van der Waals surface area contributed by atoms with Crippen molar-refractivity contribution >= 4 is 23.5 Å². The normalized spacial score (nSPS) is 36.8. The van der Waals surface area contributed by atoms with Crippen molar-refractivity contribution in [2.45, 2.75) is 64.4 Å². The first-order valence-electron chi connectivity index (χ1n) is 9.63. The number of fused-ring (bicyclic) bond motifs is 2. The van der Waals surface area contributed by atoms with Crippen LogP contribution in [-0.4, -0.2) is 47.4 Å². The highest BCUT2D eigenvalue weighted by molar-refractivity contribution is 6.05. The van der Waals surface area contributed by atoms with Crippen LogP contribution in [0.15, 0.2) is 36.0 Å². The maximum absolute atomic E-state index is 13.3. The Labute approximate surface area is 169 Å². The minimum absolute atomic E-state index is 0.302. The van der Waals surface area contributed by atoms with Crippen LogP contribution in [0.4, 0.5) is 0 Å². The lowest BCUT2D eigenvalue weighted by Crippen LogP contribution is -2.44. The molecule has 2 aliphatic heterocycles. The second kappa shape index (κ2) is 7.37. The average molecular weight is 402 g/mol. The number of hydrogen-bond donors (Lipinski definition) is 0. The van der Waals surface area contributed by atoms with Gasteiger partial charge in [-0.25, -0.2) is 4.79 Å². The van der Waals surface area contributed by atoms with Gasteiger partial charge < -0.3 is 14.2 Å². The summed E-state index contributed by atoms with van der Waals surface area (Å²) in [5.74, 6) is -3.30. The van der Waals surface area contributed by atoms with Gasteiger partial charge in [-0.2, -0.15) is 0 Å². The van der Waals surface area contributed by atoms with Crippen LogP contribution in [0.5, 0.6) is 0 Å². The van der Waals surface area contributed by atoms with Crippen LogP contribution in [0.1, 0.15) is 40.5 Å². The third-order valence-corrected chi connectivity index (χ3v) is 5.86. The predicted molar refractivity (Wildman–Crippen MR) is 103 cm³/mol. The molecule has 1 aliphatic carbocycles. The summed E-state index contributed by atoms with van der Waals surface area (Å²) in [6, 6.07) is 0. The first-order chi connectivity index (χ1) is 13.5. The third kappa shape index (κ3) is 3.71. The molecule has 1 unspecified atom stereocenters. The van der Waals surface area contributed by atoms with Crippen molar-refractivity contribution in [3.63, 3.8) is 0 Å². The summed E-state index contributed by atoms with van der Waals surface area (Å²) in [7, 11) is 0. The highest BCUT2D eigenvalue weighted by atomic mass is 16.6. The summed E-state index contributed by atoms with van der Waals surface area (Å²) in [5.41, 5.74) is 0.169. The van der Waals surface area contributed by atoms with Crippen molar-refractivity contribution in [1.82, 2.24) is 0 Å². The van der Waals surface area contributed by atoms with Crippen LogP contribution < -0.4 is 0 Å². The average Bonchev–Trinajstić information content (AvgIpc) is 3.18. The molecule has 1 saturated heterocycles. The summed E-state index contributed by atoms with van der Waals surface area (Å²) in [6.07, 6.45) is -0.618. The van der Waals surface area contributed by atoms with Gasteiger partial charge in [0.1, 0.15) is 6.10 Å². The maximum atomic E-state index is 13.3.